The maximum Gasteiger partial charge on any atom is 0.152 e. The summed E-state index contributed by atoms with van der Waals surface area (Å²) in [5, 5.41) is 7.89. The maximum absolute atomic E-state index is 7.89. The molecular formula is C19H23N7. The molecule has 3 aromatic rings. The fourth-order valence-corrected chi connectivity index (χ4v) is 3.47. The van der Waals surface area contributed by atoms with Crippen LogP contribution in [0, 0.1) is 12.3 Å². The number of aromatic nitrogens is 5. The molecule has 0 aliphatic carbocycles. The van der Waals surface area contributed by atoms with E-state index in [0.717, 1.165) is 53.6 Å². The molecular weight excluding hydrogens is 326 g/mol. The zero-order chi connectivity index (χ0) is 18.1. The highest BCUT2D eigenvalue weighted by Gasteiger charge is 2.20. The number of pyridine rings is 1. The molecule has 26 heavy (non-hydrogen) atoms. The summed E-state index contributed by atoms with van der Waals surface area (Å²) in [6.45, 7) is 5.83. The van der Waals surface area contributed by atoms with Crippen LogP contribution in [0.5, 0.6) is 0 Å². The van der Waals surface area contributed by atoms with Gasteiger partial charge in [-0.05, 0) is 38.8 Å². The van der Waals surface area contributed by atoms with Crippen molar-refractivity contribution in [3.8, 4) is 0 Å². The van der Waals surface area contributed by atoms with Crippen molar-refractivity contribution < 1.29 is 0 Å². The highest BCUT2D eigenvalue weighted by molar-refractivity contribution is 5.93. The lowest BCUT2D eigenvalue weighted by molar-refractivity contribution is 0.830. The molecule has 0 aromatic carbocycles. The number of rotatable bonds is 5. The van der Waals surface area contributed by atoms with E-state index in [2.05, 4.69) is 29.8 Å². The molecule has 1 aliphatic rings. The number of fused-ring (bicyclic) bond motifs is 1. The van der Waals surface area contributed by atoms with Gasteiger partial charge < -0.3 is 15.3 Å². The van der Waals surface area contributed by atoms with E-state index in [4.69, 9.17) is 5.41 Å². The van der Waals surface area contributed by atoms with Crippen molar-refractivity contribution in [2.24, 2.45) is 0 Å². The molecule has 0 saturated carbocycles. The summed E-state index contributed by atoms with van der Waals surface area (Å²) < 4.78 is 0. The standard InChI is InChI=1S/C19H23N7/c1-12(20)18-24-15(19(25-18)26-10-3-4-11-26)7-8-16-22-13(2)17-14(23-16)6-5-9-21-17/h5-6,9,20H,3-4,7-8,10-11H2,1-2H3,(H,24,25). The summed E-state index contributed by atoms with van der Waals surface area (Å²) in [6.07, 6.45) is 5.65. The van der Waals surface area contributed by atoms with Gasteiger partial charge in [0, 0.05) is 32.1 Å². The minimum atomic E-state index is 0.459. The van der Waals surface area contributed by atoms with Gasteiger partial charge in [-0.15, -0.1) is 0 Å². The van der Waals surface area contributed by atoms with E-state index in [1.54, 1.807) is 13.1 Å². The van der Waals surface area contributed by atoms with Crippen molar-refractivity contribution in [2.45, 2.75) is 39.5 Å². The van der Waals surface area contributed by atoms with Crippen LogP contribution in [-0.2, 0) is 12.8 Å². The molecule has 4 rings (SSSR count). The molecule has 134 valence electrons. The summed E-state index contributed by atoms with van der Waals surface area (Å²) in [4.78, 5) is 24.0. The number of nitrogens with zero attached hydrogens (tertiary/aromatic N) is 5. The second kappa shape index (κ2) is 6.82. The molecule has 0 spiro atoms. The largest absolute Gasteiger partial charge is 0.357 e. The molecule has 1 aliphatic heterocycles. The Balaban J connectivity index is 1.60. The van der Waals surface area contributed by atoms with Crippen LogP contribution in [0.15, 0.2) is 18.3 Å². The predicted molar refractivity (Wildman–Crippen MR) is 102 cm³/mol. The second-order valence-electron chi connectivity index (χ2n) is 6.80. The molecule has 2 N–H and O–H groups in total. The fourth-order valence-electron chi connectivity index (χ4n) is 3.47. The minimum absolute atomic E-state index is 0.459. The normalized spacial score (nSPS) is 14.3. The monoisotopic (exact) mass is 349 g/mol. The first-order valence-electron chi connectivity index (χ1n) is 9.09. The molecule has 7 nitrogen and oxygen atoms in total. The Morgan fingerprint density at radius 2 is 2.00 bits per heavy atom. The van der Waals surface area contributed by atoms with Crippen LogP contribution in [0.4, 0.5) is 5.82 Å². The van der Waals surface area contributed by atoms with Crippen molar-refractivity contribution in [1.29, 1.82) is 5.41 Å². The molecule has 0 atom stereocenters. The third-order valence-corrected chi connectivity index (χ3v) is 4.80. The van der Waals surface area contributed by atoms with Crippen LogP contribution in [0.25, 0.3) is 11.0 Å². The molecule has 4 heterocycles. The van der Waals surface area contributed by atoms with Gasteiger partial charge in [-0.3, -0.25) is 4.98 Å². The van der Waals surface area contributed by atoms with Gasteiger partial charge in [-0.1, -0.05) is 0 Å². The fraction of sp³-hybridized carbons (Fsp3) is 0.421. The van der Waals surface area contributed by atoms with Gasteiger partial charge in [0.25, 0.3) is 0 Å². The Morgan fingerprint density at radius 1 is 1.19 bits per heavy atom. The number of H-pyrrole nitrogens is 1. The first-order valence-corrected chi connectivity index (χ1v) is 9.09. The molecule has 3 aromatic heterocycles. The van der Waals surface area contributed by atoms with E-state index in [1.807, 2.05) is 19.1 Å². The first kappa shape index (κ1) is 16.6. The summed E-state index contributed by atoms with van der Waals surface area (Å²) in [6, 6.07) is 3.87. The quantitative estimate of drug-likeness (QED) is 0.691. The third-order valence-electron chi connectivity index (χ3n) is 4.80. The molecule has 1 saturated heterocycles. The number of aryl methyl sites for hydroxylation is 3. The van der Waals surface area contributed by atoms with E-state index < -0.39 is 0 Å². The van der Waals surface area contributed by atoms with Crippen molar-refractivity contribution >= 4 is 22.6 Å². The van der Waals surface area contributed by atoms with Crippen molar-refractivity contribution in [3.63, 3.8) is 0 Å². The van der Waals surface area contributed by atoms with Gasteiger partial charge >= 0.3 is 0 Å². The molecule has 0 unspecified atom stereocenters. The number of anilines is 1. The van der Waals surface area contributed by atoms with Crippen LogP contribution in [-0.4, -0.2) is 43.7 Å². The minimum Gasteiger partial charge on any atom is -0.357 e. The average molecular weight is 349 g/mol. The van der Waals surface area contributed by atoms with E-state index in [1.165, 1.54) is 12.8 Å². The zero-order valence-corrected chi connectivity index (χ0v) is 15.2. The maximum atomic E-state index is 7.89. The van der Waals surface area contributed by atoms with E-state index in [0.29, 0.717) is 18.0 Å². The van der Waals surface area contributed by atoms with Crippen LogP contribution in [0.3, 0.4) is 0 Å². The van der Waals surface area contributed by atoms with Gasteiger partial charge in [-0.2, -0.15) is 0 Å². The lowest BCUT2D eigenvalue weighted by atomic mass is 10.2. The van der Waals surface area contributed by atoms with Crippen molar-refractivity contribution in [3.05, 3.63) is 41.4 Å². The lowest BCUT2D eigenvalue weighted by Crippen LogP contribution is -2.19. The van der Waals surface area contributed by atoms with Crippen LogP contribution in [0.2, 0.25) is 0 Å². The highest BCUT2D eigenvalue weighted by Crippen LogP contribution is 2.24. The molecule has 7 heteroatoms. The Labute approximate surface area is 152 Å². The predicted octanol–water partition coefficient (Wildman–Crippen LogP) is 2.83. The topological polar surface area (TPSA) is 94.4 Å². The summed E-state index contributed by atoms with van der Waals surface area (Å²) in [7, 11) is 0. The number of imidazole rings is 1. The molecule has 1 fully saturated rings. The number of aromatic amines is 1. The summed E-state index contributed by atoms with van der Waals surface area (Å²) in [5.74, 6) is 2.52. The van der Waals surface area contributed by atoms with Crippen molar-refractivity contribution in [2.75, 3.05) is 18.0 Å². The van der Waals surface area contributed by atoms with Crippen molar-refractivity contribution in [1.82, 2.24) is 24.9 Å². The van der Waals surface area contributed by atoms with Gasteiger partial charge in [0.15, 0.2) is 5.82 Å². The van der Waals surface area contributed by atoms with E-state index >= 15 is 0 Å². The van der Waals surface area contributed by atoms with Gasteiger partial charge in [0.05, 0.1) is 22.6 Å². The summed E-state index contributed by atoms with van der Waals surface area (Å²) >= 11 is 0. The third kappa shape index (κ3) is 3.16. The van der Waals surface area contributed by atoms with Gasteiger partial charge in [0.1, 0.15) is 17.2 Å². The average Bonchev–Trinajstić information content (AvgIpc) is 3.29. The molecule has 0 amide bonds. The number of hydrogen-bond donors (Lipinski definition) is 2. The Morgan fingerprint density at radius 3 is 2.77 bits per heavy atom. The Bertz CT molecular complexity index is 954. The van der Waals surface area contributed by atoms with E-state index in [-0.39, 0.29) is 0 Å². The summed E-state index contributed by atoms with van der Waals surface area (Å²) in [5.41, 5.74) is 4.10. The SMILES string of the molecule is CC(=N)c1nc(CCc2nc(C)c3ncccc3n2)c(N2CCCC2)[nH]1. The Hall–Kier alpha value is -2.83. The van der Waals surface area contributed by atoms with Crippen LogP contribution >= 0.6 is 0 Å². The van der Waals surface area contributed by atoms with Gasteiger partial charge in [-0.25, -0.2) is 15.0 Å². The second-order valence-corrected chi connectivity index (χ2v) is 6.80. The molecule has 0 bridgehead atoms. The zero-order valence-electron chi connectivity index (χ0n) is 15.2. The Kier molecular flexibility index (Phi) is 4.36. The molecule has 0 radical (unpaired) electrons. The number of hydrogen-bond acceptors (Lipinski definition) is 6. The van der Waals surface area contributed by atoms with E-state index in [9.17, 15) is 0 Å². The van der Waals surface area contributed by atoms with Crippen LogP contribution in [0.1, 0.15) is 42.8 Å². The van der Waals surface area contributed by atoms with Gasteiger partial charge in [0.2, 0.25) is 0 Å². The number of nitrogens with one attached hydrogen (secondary N) is 2. The van der Waals surface area contributed by atoms with Crippen LogP contribution < -0.4 is 4.90 Å². The lowest BCUT2D eigenvalue weighted by Gasteiger charge is -2.16. The smallest absolute Gasteiger partial charge is 0.152 e. The highest BCUT2D eigenvalue weighted by atomic mass is 15.2. The first-order chi connectivity index (χ1) is 12.6.